The van der Waals surface area contributed by atoms with E-state index in [1.807, 2.05) is 23.1 Å². The number of hydrogen-bond donors (Lipinski definition) is 3. The molecule has 5 rings (SSSR count). The molecule has 4 atom stereocenters. The lowest BCUT2D eigenvalue weighted by Crippen LogP contribution is -2.66. The molecular formula is C29H45N5O6Si2. The van der Waals surface area contributed by atoms with E-state index in [1.54, 1.807) is 12.1 Å². The van der Waals surface area contributed by atoms with Crippen LogP contribution in [0.1, 0.15) is 65.7 Å². The summed E-state index contributed by atoms with van der Waals surface area (Å²) in [6, 6.07) is 8.96. The van der Waals surface area contributed by atoms with Crippen LogP contribution in [0.15, 0.2) is 36.7 Å². The first-order valence-electron chi connectivity index (χ1n) is 15.0. The lowest BCUT2D eigenvalue weighted by atomic mass is 10.1. The van der Waals surface area contributed by atoms with Crippen molar-refractivity contribution in [1.82, 2.24) is 9.97 Å². The molecule has 13 heteroatoms. The first kappa shape index (κ1) is 31.0. The highest BCUT2D eigenvalue weighted by Crippen LogP contribution is 2.48. The van der Waals surface area contributed by atoms with Gasteiger partial charge in [-0.05, 0) is 34.3 Å². The number of nitrogens with zero attached hydrogens (tertiary/aromatic N) is 3. The van der Waals surface area contributed by atoms with E-state index in [1.165, 1.54) is 6.33 Å². The van der Waals surface area contributed by atoms with Gasteiger partial charge in [0.25, 0.3) is 5.91 Å². The van der Waals surface area contributed by atoms with Crippen molar-refractivity contribution in [3.63, 3.8) is 0 Å². The van der Waals surface area contributed by atoms with Crippen LogP contribution in [-0.2, 0) is 17.7 Å². The van der Waals surface area contributed by atoms with E-state index in [2.05, 4.69) is 76.0 Å². The minimum Gasteiger partial charge on any atom is -0.414 e. The fraction of sp³-hybridized carbons (Fsp3) is 0.621. The summed E-state index contributed by atoms with van der Waals surface area (Å²) in [5.41, 5.74) is 1.78. The van der Waals surface area contributed by atoms with Crippen LogP contribution >= 0.6 is 0 Å². The number of carbonyl (C=O) groups excluding carboxylic acids is 1. The van der Waals surface area contributed by atoms with Crippen molar-refractivity contribution in [2.75, 3.05) is 28.8 Å². The van der Waals surface area contributed by atoms with E-state index in [9.17, 15) is 9.90 Å². The van der Waals surface area contributed by atoms with E-state index < -0.39 is 41.7 Å². The molecule has 2 fully saturated rings. The second kappa shape index (κ2) is 11.9. The molecule has 2 aromatic rings. The number of aromatic nitrogens is 2. The molecule has 0 saturated carbocycles. The molecule has 0 aliphatic carbocycles. The Morgan fingerprint density at radius 3 is 2.26 bits per heavy atom. The average Bonchev–Trinajstić information content (AvgIpc) is 3.49. The molecule has 230 valence electrons. The topological polar surface area (TPSA) is 127 Å². The zero-order chi connectivity index (χ0) is 30.4. The van der Waals surface area contributed by atoms with Crippen LogP contribution in [0.4, 0.5) is 17.3 Å². The summed E-state index contributed by atoms with van der Waals surface area (Å²) in [4.78, 5) is 23.5. The summed E-state index contributed by atoms with van der Waals surface area (Å²) in [6.07, 6.45) is -1.43. The minimum atomic E-state index is -2.92. The minimum absolute atomic E-state index is 0.133. The van der Waals surface area contributed by atoms with Gasteiger partial charge in [0.15, 0.2) is 17.9 Å². The number of ether oxygens (including phenoxy) is 1. The van der Waals surface area contributed by atoms with Crippen LogP contribution < -0.4 is 15.5 Å². The highest BCUT2D eigenvalue weighted by Gasteiger charge is 2.62. The molecular weight excluding hydrogens is 571 g/mol. The molecule has 3 aliphatic heterocycles. The molecule has 0 spiro atoms. The number of aliphatic hydroxyl groups is 1. The van der Waals surface area contributed by atoms with Gasteiger partial charge in [0.2, 0.25) is 0 Å². The number of nitrogens with one attached hydrogen (secondary N) is 2. The van der Waals surface area contributed by atoms with Crippen molar-refractivity contribution in [1.29, 1.82) is 0 Å². The molecule has 4 heterocycles. The molecule has 1 aromatic heterocycles. The van der Waals surface area contributed by atoms with E-state index in [4.69, 9.17) is 17.7 Å². The van der Waals surface area contributed by atoms with Gasteiger partial charge in [-0.15, -0.1) is 0 Å². The Labute approximate surface area is 250 Å². The second-order valence-corrected chi connectivity index (χ2v) is 21.5. The zero-order valence-electron chi connectivity index (χ0n) is 25.8. The SMILES string of the molecule is CC(C)[Si]1(C(C)C)OCC2OC(N3CNc4c(NC(=O)c5ccccc5)ncnc43)C(O)C2O[Si](C(C)C)(C(C)C)O1. The molecule has 0 bridgehead atoms. The summed E-state index contributed by atoms with van der Waals surface area (Å²) in [5, 5.41) is 18.0. The first-order valence-corrected chi connectivity index (χ1v) is 18.9. The third-order valence-electron chi connectivity index (χ3n) is 8.74. The van der Waals surface area contributed by atoms with Gasteiger partial charge in [-0.1, -0.05) is 73.6 Å². The van der Waals surface area contributed by atoms with Crippen molar-refractivity contribution in [3.8, 4) is 0 Å². The number of carbonyl (C=O) groups is 1. The van der Waals surface area contributed by atoms with Gasteiger partial charge >= 0.3 is 17.1 Å². The fourth-order valence-corrected chi connectivity index (χ4v) is 17.7. The van der Waals surface area contributed by atoms with Gasteiger partial charge in [0, 0.05) is 5.56 Å². The van der Waals surface area contributed by atoms with Crippen LogP contribution in [-0.4, -0.2) is 75.9 Å². The Balaban J connectivity index is 1.44. The molecule has 11 nitrogen and oxygen atoms in total. The monoisotopic (exact) mass is 615 g/mol. The summed E-state index contributed by atoms with van der Waals surface area (Å²) >= 11 is 0. The lowest BCUT2D eigenvalue weighted by Gasteiger charge is -2.51. The zero-order valence-corrected chi connectivity index (χ0v) is 27.8. The fourth-order valence-electron chi connectivity index (χ4n) is 6.47. The quantitative estimate of drug-likeness (QED) is 0.368. The van der Waals surface area contributed by atoms with Crippen molar-refractivity contribution in [2.24, 2.45) is 0 Å². The van der Waals surface area contributed by atoms with Gasteiger partial charge in [0.05, 0.1) is 13.3 Å². The van der Waals surface area contributed by atoms with Gasteiger partial charge in [0.1, 0.15) is 30.3 Å². The number of fused-ring (bicyclic) bond motifs is 2. The largest absolute Gasteiger partial charge is 0.414 e. The summed E-state index contributed by atoms with van der Waals surface area (Å²) in [7, 11) is -5.66. The van der Waals surface area contributed by atoms with Crippen LogP contribution in [0.5, 0.6) is 0 Å². The average molecular weight is 616 g/mol. The lowest BCUT2D eigenvalue weighted by molar-refractivity contribution is -0.0386. The smallest absolute Gasteiger partial charge is 0.335 e. The Morgan fingerprint density at radius 2 is 1.64 bits per heavy atom. The first-order chi connectivity index (χ1) is 19.9. The standard InChI is InChI=1S/C29H45N5O6Si2/c1-17(2)41(18(3)4)37-14-22-25(39-42(40-41,19(5)6)20(7)8)24(35)29(38-22)34-16-32-23-26(30-15-31-27(23)34)33-28(36)21-12-10-9-11-13-21/h9-13,15,17-20,22,24-25,29,32,35H,14,16H2,1-8H3,(H,30,31,33,36). The highest BCUT2D eigenvalue weighted by atomic mass is 28.5. The van der Waals surface area contributed by atoms with Crippen molar-refractivity contribution < 1.29 is 27.6 Å². The Morgan fingerprint density at radius 1 is 1.00 bits per heavy atom. The number of rotatable bonds is 7. The predicted molar refractivity (Wildman–Crippen MR) is 166 cm³/mol. The molecule has 4 unspecified atom stereocenters. The molecule has 3 aliphatic rings. The Hall–Kier alpha value is -2.40. The Bertz CT molecular complexity index is 1250. The van der Waals surface area contributed by atoms with Crippen molar-refractivity contribution >= 4 is 40.4 Å². The van der Waals surface area contributed by atoms with Crippen LogP contribution in [0, 0.1) is 0 Å². The third kappa shape index (κ3) is 5.29. The molecule has 1 aromatic carbocycles. The maximum atomic E-state index is 12.8. The van der Waals surface area contributed by atoms with Crippen LogP contribution in [0.3, 0.4) is 0 Å². The molecule has 0 radical (unpaired) electrons. The van der Waals surface area contributed by atoms with E-state index >= 15 is 0 Å². The molecule has 42 heavy (non-hydrogen) atoms. The van der Waals surface area contributed by atoms with E-state index in [0.717, 1.165) is 0 Å². The van der Waals surface area contributed by atoms with Gasteiger partial charge in [-0.2, -0.15) is 0 Å². The van der Waals surface area contributed by atoms with Gasteiger partial charge in [-0.25, -0.2) is 9.97 Å². The summed E-state index contributed by atoms with van der Waals surface area (Å²) < 4.78 is 27.7. The van der Waals surface area contributed by atoms with E-state index in [-0.39, 0.29) is 34.7 Å². The number of anilines is 3. The number of benzene rings is 1. The Kier molecular flexibility index (Phi) is 8.83. The highest BCUT2D eigenvalue weighted by molar-refractivity contribution is 6.84. The normalized spacial score (nSPS) is 26.6. The van der Waals surface area contributed by atoms with Crippen LogP contribution in [0.2, 0.25) is 22.2 Å². The van der Waals surface area contributed by atoms with E-state index in [0.29, 0.717) is 29.6 Å². The number of aliphatic hydroxyl groups excluding tert-OH is 1. The maximum absolute atomic E-state index is 12.8. The van der Waals surface area contributed by atoms with Crippen LogP contribution in [0.25, 0.3) is 0 Å². The maximum Gasteiger partial charge on any atom is 0.335 e. The van der Waals surface area contributed by atoms with Crippen molar-refractivity contribution in [3.05, 3.63) is 42.2 Å². The molecule has 3 N–H and O–H groups in total. The number of hydrogen-bond acceptors (Lipinski definition) is 10. The summed E-state index contributed by atoms with van der Waals surface area (Å²) in [6.45, 7) is 17.9. The second-order valence-electron chi connectivity index (χ2n) is 12.7. The van der Waals surface area contributed by atoms with Crippen molar-refractivity contribution in [2.45, 2.75) is 102 Å². The molecule has 1 amide bonds. The number of amides is 1. The third-order valence-corrected chi connectivity index (χ3v) is 19.0. The molecule has 2 saturated heterocycles. The van der Waals surface area contributed by atoms with Gasteiger partial charge < -0.3 is 38.3 Å². The summed E-state index contributed by atoms with van der Waals surface area (Å²) in [5.74, 6) is 0.622. The predicted octanol–water partition coefficient (Wildman–Crippen LogP) is 4.96. The van der Waals surface area contributed by atoms with Gasteiger partial charge in [-0.3, -0.25) is 4.79 Å².